The van der Waals surface area contributed by atoms with Gasteiger partial charge >= 0.3 is 0 Å². The fraction of sp³-hybridized carbons (Fsp3) is 0.500. The first kappa shape index (κ1) is 12.5. The van der Waals surface area contributed by atoms with E-state index in [0.717, 1.165) is 30.6 Å². The van der Waals surface area contributed by atoms with Crippen LogP contribution >= 0.6 is 34.2 Å². The Kier molecular flexibility index (Phi) is 4.73. The normalized spacial score (nSPS) is 17.4. The number of halogens is 2. The van der Waals surface area contributed by atoms with Crippen LogP contribution in [0.1, 0.15) is 12.8 Å². The zero-order valence-electron chi connectivity index (χ0n) is 9.10. The lowest BCUT2D eigenvalue weighted by Gasteiger charge is -2.23. The van der Waals surface area contributed by atoms with Crippen molar-refractivity contribution in [2.24, 2.45) is 5.92 Å². The summed E-state index contributed by atoms with van der Waals surface area (Å²) in [6.07, 6.45) is 2.55. The van der Waals surface area contributed by atoms with E-state index in [0.29, 0.717) is 0 Å². The second-order valence-electron chi connectivity index (χ2n) is 4.20. The number of hydrogen-bond donors (Lipinski definition) is 2. The van der Waals surface area contributed by atoms with Crippen molar-refractivity contribution in [3.8, 4) is 0 Å². The average molecular weight is 351 g/mol. The molecule has 0 radical (unpaired) electrons. The zero-order valence-corrected chi connectivity index (χ0v) is 12.0. The molecule has 2 nitrogen and oxygen atoms in total. The van der Waals surface area contributed by atoms with E-state index in [1.54, 1.807) is 0 Å². The standard InChI is InChI=1S/C12H16ClIN2/c13-10-1-2-12(11(14)7-10)16-8-9-3-5-15-6-4-9/h1-2,7,9,15-16H,3-6,8H2. The third kappa shape index (κ3) is 3.50. The smallest absolute Gasteiger partial charge is 0.0477 e. The predicted octanol–water partition coefficient (Wildman–Crippen LogP) is 3.36. The van der Waals surface area contributed by atoms with Gasteiger partial charge < -0.3 is 10.6 Å². The maximum atomic E-state index is 5.92. The van der Waals surface area contributed by atoms with Gasteiger partial charge in [0.1, 0.15) is 0 Å². The van der Waals surface area contributed by atoms with Gasteiger partial charge in [0.2, 0.25) is 0 Å². The minimum atomic E-state index is 0.799. The Hall–Kier alpha value is -0.000000000000000111. The minimum absolute atomic E-state index is 0.799. The summed E-state index contributed by atoms with van der Waals surface area (Å²) < 4.78 is 1.19. The van der Waals surface area contributed by atoms with Crippen molar-refractivity contribution in [3.63, 3.8) is 0 Å². The molecule has 16 heavy (non-hydrogen) atoms. The molecule has 1 aromatic carbocycles. The lowest BCUT2D eigenvalue weighted by Crippen LogP contribution is -2.31. The van der Waals surface area contributed by atoms with Gasteiger partial charge in [0.25, 0.3) is 0 Å². The molecular weight excluding hydrogens is 335 g/mol. The van der Waals surface area contributed by atoms with E-state index in [1.807, 2.05) is 12.1 Å². The second-order valence-corrected chi connectivity index (χ2v) is 5.80. The molecule has 1 heterocycles. The van der Waals surface area contributed by atoms with Crippen molar-refractivity contribution in [3.05, 3.63) is 26.8 Å². The lowest BCUT2D eigenvalue weighted by molar-refractivity contribution is 0.390. The molecule has 1 fully saturated rings. The van der Waals surface area contributed by atoms with Gasteiger partial charge in [-0.2, -0.15) is 0 Å². The van der Waals surface area contributed by atoms with Crippen LogP contribution in [0.3, 0.4) is 0 Å². The fourth-order valence-electron chi connectivity index (χ4n) is 1.97. The summed E-state index contributed by atoms with van der Waals surface area (Å²) >= 11 is 8.25. The van der Waals surface area contributed by atoms with Crippen molar-refractivity contribution in [1.82, 2.24) is 5.32 Å². The number of rotatable bonds is 3. The Morgan fingerprint density at radius 1 is 1.38 bits per heavy atom. The Balaban J connectivity index is 1.88. The summed E-state index contributed by atoms with van der Waals surface area (Å²) in [5, 5.41) is 7.70. The molecule has 1 aliphatic rings. The van der Waals surface area contributed by atoms with E-state index in [1.165, 1.54) is 22.1 Å². The highest BCUT2D eigenvalue weighted by molar-refractivity contribution is 14.1. The topological polar surface area (TPSA) is 24.1 Å². The van der Waals surface area contributed by atoms with Gasteiger partial charge in [0.05, 0.1) is 0 Å². The first-order valence-corrected chi connectivity index (χ1v) is 7.11. The zero-order chi connectivity index (χ0) is 11.4. The Bertz CT molecular complexity index is 351. The van der Waals surface area contributed by atoms with E-state index in [-0.39, 0.29) is 0 Å². The summed E-state index contributed by atoms with van der Waals surface area (Å²) in [7, 11) is 0. The fourth-order valence-corrected chi connectivity index (χ4v) is 3.04. The largest absolute Gasteiger partial charge is 0.384 e. The van der Waals surface area contributed by atoms with Crippen molar-refractivity contribution in [2.75, 3.05) is 25.0 Å². The number of piperidine rings is 1. The van der Waals surface area contributed by atoms with Gasteiger partial charge in [0.15, 0.2) is 0 Å². The molecule has 1 saturated heterocycles. The summed E-state index contributed by atoms with van der Waals surface area (Å²) in [4.78, 5) is 0. The number of hydrogen-bond acceptors (Lipinski definition) is 2. The van der Waals surface area contributed by atoms with Crippen LogP contribution in [0.5, 0.6) is 0 Å². The van der Waals surface area contributed by atoms with Crippen LogP contribution in [0.4, 0.5) is 5.69 Å². The van der Waals surface area contributed by atoms with E-state index < -0.39 is 0 Å². The third-order valence-electron chi connectivity index (χ3n) is 2.97. The van der Waals surface area contributed by atoms with Gasteiger partial charge in [0, 0.05) is 20.8 Å². The molecule has 0 unspecified atom stereocenters. The second kappa shape index (κ2) is 6.07. The molecular formula is C12H16ClIN2. The summed E-state index contributed by atoms with van der Waals surface area (Å²) in [6.45, 7) is 3.38. The summed E-state index contributed by atoms with van der Waals surface area (Å²) in [5.41, 5.74) is 1.20. The highest BCUT2D eigenvalue weighted by Gasteiger charge is 2.12. The van der Waals surface area contributed by atoms with Crippen LogP contribution in [0.25, 0.3) is 0 Å². The van der Waals surface area contributed by atoms with Crippen molar-refractivity contribution >= 4 is 39.9 Å². The molecule has 1 aliphatic heterocycles. The van der Waals surface area contributed by atoms with Crippen LogP contribution in [0.15, 0.2) is 18.2 Å². The monoisotopic (exact) mass is 350 g/mol. The molecule has 88 valence electrons. The molecule has 2 rings (SSSR count). The van der Waals surface area contributed by atoms with Crippen LogP contribution in [0.2, 0.25) is 5.02 Å². The van der Waals surface area contributed by atoms with Gasteiger partial charge in [-0.3, -0.25) is 0 Å². The molecule has 0 saturated carbocycles. The molecule has 0 amide bonds. The van der Waals surface area contributed by atoms with Gasteiger partial charge in [-0.25, -0.2) is 0 Å². The van der Waals surface area contributed by atoms with Crippen molar-refractivity contribution in [2.45, 2.75) is 12.8 Å². The number of nitrogens with one attached hydrogen (secondary N) is 2. The molecule has 1 aromatic rings. The predicted molar refractivity (Wildman–Crippen MR) is 78.3 cm³/mol. The van der Waals surface area contributed by atoms with Gasteiger partial charge in [-0.15, -0.1) is 0 Å². The highest BCUT2D eigenvalue weighted by Crippen LogP contribution is 2.23. The molecule has 4 heteroatoms. The lowest BCUT2D eigenvalue weighted by atomic mass is 9.98. The summed E-state index contributed by atoms with van der Waals surface area (Å²) in [6, 6.07) is 5.99. The summed E-state index contributed by atoms with van der Waals surface area (Å²) in [5.74, 6) is 0.799. The Labute approximate surface area is 115 Å². The maximum Gasteiger partial charge on any atom is 0.0477 e. The van der Waals surface area contributed by atoms with Crippen LogP contribution < -0.4 is 10.6 Å². The Morgan fingerprint density at radius 2 is 2.12 bits per heavy atom. The van der Waals surface area contributed by atoms with Gasteiger partial charge in [-0.05, 0) is 72.6 Å². The number of benzene rings is 1. The third-order valence-corrected chi connectivity index (χ3v) is 4.10. The van der Waals surface area contributed by atoms with Crippen LogP contribution in [0, 0.1) is 9.49 Å². The van der Waals surface area contributed by atoms with E-state index >= 15 is 0 Å². The molecule has 0 spiro atoms. The number of anilines is 1. The molecule has 0 aromatic heterocycles. The van der Waals surface area contributed by atoms with E-state index in [9.17, 15) is 0 Å². The molecule has 2 N–H and O–H groups in total. The Morgan fingerprint density at radius 3 is 2.81 bits per heavy atom. The first-order valence-electron chi connectivity index (χ1n) is 5.65. The minimum Gasteiger partial charge on any atom is -0.384 e. The highest BCUT2D eigenvalue weighted by atomic mass is 127. The van der Waals surface area contributed by atoms with Crippen molar-refractivity contribution < 1.29 is 0 Å². The molecule has 0 aliphatic carbocycles. The molecule has 0 atom stereocenters. The molecule has 0 bridgehead atoms. The average Bonchev–Trinajstić information content (AvgIpc) is 2.29. The van der Waals surface area contributed by atoms with E-state index in [2.05, 4.69) is 39.3 Å². The van der Waals surface area contributed by atoms with E-state index in [4.69, 9.17) is 11.6 Å². The van der Waals surface area contributed by atoms with Gasteiger partial charge in [-0.1, -0.05) is 11.6 Å². The van der Waals surface area contributed by atoms with Crippen molar-refractivity contribution in [1.29, 1.82) is 0 Å². The maximum absolute atomic E-state index is 5.92. The SMILES string of the molecule is Clc1ccc(NCC2CCNCC2)c(I)c1. The first-order chi connectivity index (χ1) is 7.75. The van der Waals surface area contributed by atoms with Crippen LogP contribution in [-0.2, 0) is 0 Å². The van der Waals surface area contributed by atoms with Crippen LogP contribution in [-0.4, -0.2) is 19.6 Å². The quantitative estimate of drug-likeness (QED) is 0.817.